The molecule has 1 rings (SSSR count). The average Bonchev–Trinajstić information content (AvgIpc) is 2.39. The molecule has 7 heteroatoms. The van der Waals surface area contributed by atoms with E-state index in [2.05, 4.69) is 6.58 Å². The fourth-order valence-electron chi connectivity index (χ4n) is 1.03. The van der Waals surface area contributed by atoms with Crippen LogP contribution in [-0.4, -0.2) is 40.7 Å². The number of aldehydes is 1. The molecule has 0 unspecified atom stereocenters. The summed E-state index contributed by atoms with van der Waals surface area (Å²) in [5, 5.41) is 25.2. The van der Waals surface area contributed by atoms with Gasteiger partial charge in [0.2, 0.25) is 0 Å². The number of phenols is 1. The number of carbonyl (C=O) groups is 3. The highest BCUT2D eigenvalue weighted by atomic mass is 16.5. The van der Waals surface area contributed by atoms with Gasteiger partial charge < -0.3 is 20.1 Å². The van der Waals surface area contributed by atoms with Crippen LogP contribution >= 0.6 is 0 Å². The number of rotatable bonds is 5. The van der Waals surface area contributed by atoms with E-state index >= 15 is 0 Å². The number of benzene rings is 1. The Morgan fingerprint density at radius 3 is 2.30 bits per heavy atom. The SMILES string of the molecule is C=C(CC(=O)O)C(=O)O.COc1cc(C=O)ccc1O. The number of carbonyl (C=O) groups excluding carboxylic acids is 1. The molecule has 7 nitrogen and oxygen atoms in total. The lowest BCUT2D eigenvalue weighted by molar-refractivity contribution is -0.139. The Bertz CT molecular complexity index is 519. The molecule has 0 aliphatic heterocycles. The highest BCUT2D eigenvalue weighted by Gasteiger charge is 2.07. The van der Waals surface area contributed by atoms with Gasteiger partial charge in [-0.1, -0.05) is 6.58 Å². The molecule has 0 fully saturated rings. The van der Waals surface area contributed by atoms with E-state index < -0.39 is 18.4 Å². The van der Waals surface area contributed by atoms with Gasteiger partial charge in [0, 0.05) is 11.1 Å². The van der Waals surface area contributed by atoms with E-state index in [0.717, 1.165) is 0 Å². The quantitative estimate of drug-likeness (QED) is 0.550. The highest BCUT2D eigenvalue weighted by Crippen LogP contribution is 2.25. The van der Waals surface area contributed by atoms with Gasteiger partial charge >= 0.3 is 11.9 Å². The Balaban J connectivity index is 0.000000370. The summed E-state index contributed by atoms with van der Waals surface area (Å²) in [6.07, 6.45) is 0.192. The number of hydrogen-bond acceptors (Lipinski definition) is 5. The van der Waals surface area contributed by atoms with E-state index in [0.29, 0.717) is 17.6 Å². The van der Waals surface area contributed by atoms with Crippen LogP contribution in [0.15, 0.2) is 30.4 Å². The van der Waals surface area contributed by atoms with Crippen molar-refractivity contribution in [1.29, 1.82) is 0 Å². The molecule has 0 aromatic heterocycles. The van der Waals surface area contributed by atoms with E-state index in [4.69, 9.17) is 20.1 Å². The zero-order valence-corrected chi connectivity index (χ0v) is 10.7. The summed E-state index contributed by atoms with van der Waals surface area (Å²) in [4.78, 5) is 29.9. The van der Waals surface area contributed by atoms with Crippen LogP contribution in [0.4, 0.5) is 0 Å². The molecule has 0 atom stereocenters. The molecule has 3 N–H and O–H groups in total. The summed E-state index contributed by atoms with van der Waals surface area (Å²) in [5.74, 6) is -2.09. The predicted octanol–water partition coefficient (Wildman–Crippen LogP) is 1.32. The Morgan fingerprint density at radius 1 is 1.35 bits per heavy atom. The van der Waals surface area contributed by atoms with E-state index in [-0.39, 0.29) is 11.3 Å². The number of methoxy groups -OCH3 is 1. The lowest BCUT2D eigenvalue weighted by Gasteiger charge is -2.01. The molecule has 0 aliphatic rings. The monoisotopic (exact) mass is 282 g/mol. The normalized spacial score (nSPS) is 8.85. The lowest BCUT2D eigenvalue weighted by atomic mass is 10.2. The topological polar surface area (TPSA) is 121 Å². The molecule has 0 spiro atoms. The van der Waals surface area contributed by atoms with Crippen LogP contribution in [0.3, 0.4) is 0 Å². The Labute approximate surface area is 114 Å². The largest absolute Gasteiger partial charge is 0.504 e. The third-order valence-electron chi connectivity index (χ3n) is 2.01. The molecule has 0 heterocycles. The zero-order valence-electron chi connectivity index (χ0n) is 10.7. The van der Waals surface area contributed by atoms with Crippen molar-refractivity contribution in [2.75, 3.05) is 7.11 Å². The molecule has 1 aromatic carbocycles. The molecule has 1 aromatic rings. The molecular weight excluding hydrogens is 268 g/mol. The Morgan fingerprint density at radius 2 is 1.95 bits per heavy atom. The van der Waals surface area contributed by atoms with Gasteiger partial charge in [0.1, 0.15) is 6.29 Å². The van der Waals surface area contributed by atoms with Crippen LogP contribution in [0, 0.1) is 0 Å². The van der Waals surface area contributed by atoms with Gasteiger partial charge in [0.15, 0.2) is 11.5 Å². The van der Waals surface area contributed by atoms with Gasteiger partial charge in [0.25, 0.3) is 0 Å². The zero-order chi connectivity index (χ0) is 15.7. The van der Waals surface area contributed by atoms with Gasteiger partial charge in [-0.2, -0.15) is 0 Å². The molecule has 0 amide bonds. The lowest BCUT2D eigenvalue weighted by Crippen LogP contribution is -2.04. The number of carboxylic acid groups (broad SMARTS) is 2. The molecule has 20 heavy (non-hydrogen) atoms. The summed E-state index contributed by atoms with van der Waals surface area (Å²) in [7, 11) is 1.43. The second kappa shape index (κ2) is 8.30. The number of hydrogen-bond donors (Lipinski definition) is 3. The van der Waals surface area contributed by atoms with Gasteiger partial charge in [-0.25, -0.2) is 4.79 Å². The highest BCUT2D eigenvalue weighted by molar-refractivity contribution is 5.91. The molecule has 0 saturated carbocycles. The summed E-state index contributed by atoms with van der Waals surface area (Å²) in [5.41, 5.74) is 0.183. The van der Waals surface area contributed by atoms with Gasteiger partial charge in [-0.3, -0.25) is 9.59 Å². The maximum Gasteiger partial charge on any atom is 0.331 e. The fraction of sp³-hybridized carbons (Fsp3) is 0.154. The minimum atomic E-state index is -1.27. The van der Waals surface area contributed by atoms with Crippen LogP contribution in [0.2, 0.25) is 0 Å². The molecule has 0 saturated heterocycles. The van der Waals surface area contributed by atoms with Crippen LogP contribution in [0.1, 0.15) is 16.8 Å². The summed E-state index contributed by atoms with van der Waals surface area (Å²) in [6, 6.07) is 4.41. The first kappa shape index (κ1) is 17.2. The van der Waals surface area contributed by atoms with E-state index in [1.54, 1.807) is 0 Å². The summed E-state index contributed by atoms with van der Waals surface area (Å²) >= 11 is 0. The number of carboxylic acids is 2. The van der Waals surface area contributed by atoms with Crippen LogP contribution in [0.5, 0.6) is 11.5 Å². The molecule has 0 bridgehead atoms. The van der Waals surface area contributed by atoms with Gasteiger partial charge in [-0.15, -0.1) is 0 Å². The second-order valence-corrected chi connectivity index (χ2v) is 3.53. The first-order chi connectivity index (χ1) is 9.31. The van der Waals surface area contributed by atoms with Gasteiger partial charge in [-0.05, 0) is 18.2 Å². The smallest absolute Gasteiger partial charge is 0.331 e. The molecule has 0 radical (unpaired) electrons. The molecule has 0 aliphatic carbocycles. The maximum absolute atomic E-state index is 10.2. The Kier molecular flexibility index (Phi) is 7.13. The number of ether oxygens (including phenoxy) is 1. The third-order valence-corrected chi connectivity index (χ3v) is 2.01. The van der Waals surface area contributed by atoms with Crippen molar-refractivity contribution < 1.29 is 34.4 Å². The van der Waals surface area contributed by atoms with Crippen molar-refractivity contribution in [1.82, 2.24) is 0 Å². The Hall–Kier alpha value is -2.83. The summed E-state index contributed by atoms with van der Waals surface area (Å²) in [6.45, 7) is 3.01. The third kappa shape index (κ3) is 6.20. The van der Waals surface area contributed by atoms with Crippen molar-refractivity contribution in [2.45, 2.75) is 6.42 Å². The minimum absolute atomic E-state index is 0.0399. The van der Waals surface area contributed by atoms with E-state index in [1.165, 1.54) is 25.3 Å². The number of phenolic OH excluding ortho intramolecular Hbond substituents is 1. The minimum Gasteiger partial charge on any atom is -0.504 e. The van der Waals surface area contributed by atoms with Crippen molar-refractivity contribution in [3.05, 3.63) is 35.9 Å². The first-order valence-corrected chi connectivity index (χ1v) is 5.26. The van der Waals surface area contributed by atoms with Crippen LogP contribution < -0.4 is 4.74 Å². The summed E-state index contributed by atoms with van der Waals surface area (Å²) < 4.78 is 4.78. The average molecular weight is 282 g/mol. The van der Waals surface area contributed by atoms with Crippen LogP contribution in [0.25, 0.3) is 0 Å². The van der Waals surface area contributed by atoms with Crippen molar-refractivity contribution in [3.8, 4) is 11.5 Å². The number of aromatic hydroxyl groups is 1. The fourth-order valence-corrected chi connectivity index (χ4v) is 1.03. The first-order valence-electron chi connectivity index (χ1n) is 5.26. The van der Waals surface area contributed by atoms with E-state index in [1.807, 2.05) is 0 Å². The predicted molar refractivity (Wildman–Crippen MR) is 69.1 cm³/mol. The van der Waals surface area contributed by atoms with Crippen molar-refractivity contribution >= 4 is 18.2 Å². The second-order valence-electron chi connectivity index (χ2n) is 3.53. The van der Waals surface area contributed by atoms with Crippen molar-refractivity contribution in [2.24, 2.45) is 0 Å². The van der Waals surface area contributed by atoms with E-state index in [9.17, 15) is 14.4 Å². The van der Waals surface area contributed by atoms with Crippen LogP contribution in [-0.2, 0) is 9.59 Å². The molecule has 108 valence electrons. The van der Waals surface area contributed by atoms with Crippen molar-refractivity contribution in [3.63, 3.8) is 0 Å². The standard InChI is InChI=1S/C8H8O3.C5H6O4/c1-11-8-4-6(5-9)2-3-7(8)10;1-3(5(8)9)2-4(6)7/h2-5,10H,1H3;1-2H2,(H,6,7)(H,8,9). The van der Waals surface area contributed by atoms with Gasteiger partial charge in [0.05, 0.1) is 13.5 Å². The number of aliphatic carboxylic acids is 2. The maximum atomic E-state index is 10.2. The molecular formula is C13H14O7.